The molecule has 0 radical (unpaired) electrons. The first kappa shape index (κ1) is 15.7. The molecule has 0 aromatic carbocycles. The van der Waals surface area contributed by atoms with Gasteiger partial charge in [0.15, 0.2) is 0 Å². The summed E-state index contributed by atoms with van der Waals surface area (Å²) in [5, 5.41) is 16.1. The van der Waals surface area contributed by atoms with E-state index >= 15 is 0 Å². The van der Waals surface area contributed by atoms with Crippen molar-refractivity contribution in [3.8, 4) is 0 Å². The lowest BCUT2D eigenvalue weighted by Gasteiger charge is -2.01. The molecular weight excluding hydrogens is 206 g/mol. The maximum absolute atomic E-state index is 9.77. The predicted octanol–water partition coefficient (Wildman–Crippen LogP) is 0.457. The lowest BCUT2D eigenvalue weighted by atomic mass is 10.6. The third-order valence-corrected chi connectivity index (χ3v) is 1.74. The third-order valence-electron chi connectivity index (χ3n) is 0.881. The molecule has 0 saturated heterocycles. The minimum absolute atomic E-state index is 0.111. The summed E-state index contributed by atoms with van der Waals surface area (Å²) in [6.07, 6.45) is 0. The summed E-state index contributed by atoms with van der Waals surface area (Å²) >= 11 is 1.42. The summed E-state index contributed by atoms with van der Waals surface area (Å²) in [5.74, 6) is -0.403. The molecule has 0 aromatic rings. The number of carboxylic acids is 2. The molecule has 0 unspecified atom stereocenters. The van der Waals surface area contributed by atoms with Crippen LogP contribution in [0.25, 0.3) is 0 Å². The van der Waals surface area contributed by atoms with Crippen molar-refractivity contribution < 1.29 is 19.8 Å². The van der Waals surface area contributed by atoms with E-state index in [2.05, 4.69) is 0 Å². The number of rotatable bonds is 5. The fourth-order valence-corrected chi connectivity index (χ4v) is 0.839. The highest BCUT2D eigenvalue weighted by Gasteiger charge is 1.94. The SMILES string of the molecule is CCSCC(=O)O.CN(C)CC(=O)O. The minimum atomic E-state index is -0.787. The number of nitrogens with zero attached hydrogens (tertiary/aromatic N) is 1. The topological polar surface area (TPSA) is 77.8 Å². The van der Waals surface area contributed by atoms with E-state index in [1.165, 1.54) is 11.8 Å². The molecule has 0 aromatic heterocycles. The van der Waals surface area contributed by atoms with E-state index < -0.39 is 11.9 Å². The van der Waals surface area contributed by atoms with Crippen molar-refractivity contribution in [1.29, 1.82) is 0 Å². The zero-order valence-corrected chi connectivity index (χ0v) is 9.50. The van der Waals surface area contributed by atoms with Crippen LogP contribution >= 0.6 is 11.8 Å². The van der Waals surface area contributed by atoms with Gasteiger partial charge < -0.3 is 10.2 Å². The highest BCUT2D eigenvalue weighted by molar-refractivity contribution is 7.99. The standard InChI is InChI=1S/C4H9NO2.C4H8O2S/c1-5(2)3-4(6)7;1-2-7-3-4(5)6/h3H2,1-2H3,(H,6,7);2-3H2,1H3,(H,5,6). The van der Waals surface area contributed by atoms with Gasteiger partial charge in [-0.2, -0.15) is 11.8 Å². The number of carbonyl (C=O) groups is 2. The normalized spacial score (nSPS) is 9.14. The highest BCUT2D eigenvalue weighted by Crippen LogP contribution is 1.95. The Kier molecular flexibility index (Phi) is 11.6. The van der Waals surface area contributed by atoms with Crippen LogP contribution in [0.15, 0.2) is 0 Å². The van der Waals surface area contributed by atoms with Gasteiger partial charge in [0.1, 0.15) is 0 Å². The van der Waals surface area contributed by atoms with E-state index in [4.69, 9.17) is 10.2 Å². The monoisotopic (exact) mass is 223 g/mol. The van der Waals surface area contributed by atoms with Crippen LogP contribution in [-0.4, -0.2) is 59.2 Å². The van der Waals surface area contributed by atoms with Gasteiger partial charge in [-0.05, 0) is 19.8 Å². The maximum atomic E-state index is 9.77. The first-order chi connectivity index (χ1) is 6.40. The number of aliphatic carboxylic acids is 2. The second-order valence-electron chi connectivity index (χ2n) is 2.66. The van der Waals surface area contributed by atoms with Gasteiger partial charge in [-0.1, -0.05) is 6.92 Å². The number of hydrogen-bond donors (Lipinski definition) is 2. The quantitative estimate of drug-likeness (QED) is 0.705. The molecule has 0 spiro atoms. The summed E-state index contributed by atoms with van der Waals surface area (Å²) in [6, 6.07) is 0. The van der Waals surface area contributed by atoms with Crippen molar-refractivity contribution in [2.75, 3.05) is 32.1 Å². The van der Waals surface area contributed by atoms with E-state index in [0.29, 0.717) is 0 Å². The van der Waals surface area contributed by atoms with Gasteiger partial charge in [0.05, 0.1) is 12.3 Å². The van der Waals surface area contributed by atoms with Gasteiger partial charge in [0.25, 0.3) is 0 Å². The van der Waals surface area contributed by atoms with Crippen molar-refractivity contribution in [3.63, 3.8) is 0 Å². The fraction of sp³-hybridized carbons (Fsp3) is 0.750. The Bertz CT molecular complexity index is 173. The average Bonchev–Trinajstić information content (AvgIpc) is 1.99. The average molecular weight is 223 g/mol. The summed E-state index contributed by atoms with van der Waals surface area (Å²) < 4.78 is 0. The summed E-state index contributed by atoms with van der Waals surface area (Å²) in [7, 11) is 3.43. The Morgan fingerprint density at radius 2 is 1.71 bits per heavy atom. The van der Waals surface area contributed by atoms with Crippen molar-refractivity contribution >= 4 is 23.7 Å². The van der Waals surface area contributed by atoms with Crippen LogP contribution in [0.1, 0.15) is 6.92 Å². The zero-order chi connectivity index (χ0) is 11.6. The van der Waals surface area contributed by atoms with E-state index in [9.17, 15) is 9.59 Å². The molecule has 0 fully saturated rings. The first-order valence-corrected chi connectivity index (χ1v) is 5.21. The molecule has 0 atom stereocenters. The Morgan fingerprint density at radius 1 is 1.21 bits per heavy atom. The Morgan fingerprint density at radius 3 is 1.79 bits per heavy atom. The second-order valence-corrected chi connectivity index (χ2v) is 3.94. The smallest absolute Gasteiger partial charge is 0.317 e. The first-order valence-electron chi connectivity index (χ1n) is 4.06. The van der Waals surface area contributed by atoms with Crippen LogP contribution in [0, 0.1) is 0 Å². The summed E-state index contributed by atoms with van der Waals surface area (Å²) in [6.45, 7) is 2.05. The van der Waals surface area contributed by atoms with E-state index in [0.717, 1.165) is 5.75 Å². The van der Waals surface area contributed by atoms with Crippen molar-refractivity contribution in [3.05, 3.63) is 0 Å². The summed E-state index contributed by atoms with van der Waals surface area (Å²) in [4.78, 5) is 21.1. The van der Waals surface area contributed by atoms with Crippen LogP contribution in [0.2, 0.25) is 0 Å². The Labute approximate surface area is 88.1 Å². The van der Waals surface area contributed by atoms with Gasteiger partial charge in [0.2, 0.25) is 0 Å². The summed E-state index contributed by atoms with van der Waals surface area (Å²) in [5.41, 5.74) is 0. The Balaban J connectivity index is 0. The number of thioether (sulfide) groups is 1. The predicted molar refractivity (Wildman–Crippen MR) is 56.8 cm³/mol. The van der Waals surface area contributed by atoms with E-state index in [1.54, 1.807) is 19.0 Å². The van der Waals surface area contributed by atoms with Gasteiger partial charge >= 0.3 is 11.9 Å². The highest BCUT2D eigenvalue weighted by atomic mass is 32.2. The molecule has 0 saturated carbocycles. The molecular formula is C8H17NO4S. The van der Waals surface area contributed by atoms with Gasteiger partial charge in [-0.25, -0.2) is 0 Å². The lowest BCUT2D eigenvalue weighted by Crippen LogP contribution is -2.20. The molecule has 0 aliphatic carbocycles. The molecule has 0 heterocycles. The molecule has 0 bridgehead atoms. The number of carboxylic acid groups (broad SMARTS) is 2. The largest absolute Gasteiger partial charge is 0.481 e. The van der Waals surface area contributed by atoms with Gasteiger partial charge in [0, 0.05) is 0 Å². The van der Waals surface area contributed by atoms with Crippen molar-refractivity contribution in [1.82, 2.24) is 4.90 Å². The van der Waals surface area contributed by atoms with E-state index in [-0.39, 0.29) is 12.3 Å². The van der Waals surface area contributed by atoms with Crippen LogP contribution in [-0.2, 0) is 9.59 Å². The molecule has 0 rings (SSSR count). The molecule has 2 N–H and O–H groups in total. The molecule has 6 heteroatoms. The fourth-order valence-electron chi connectivity index (χ4n) is 0.460. The third kappa shape index (κ3) is 22.5. The molecule has 5 nitrogen and oxygen atoms in total. The zero-order valence-electron chi connectivity index (χ0n) is 8.69. The van der Waals surface area contributed by atoms with Crippen LogP contribution in [0.3, 0.4) is 0 Å². The second kappa shape index (κ2) is 10.3. The molecule has 0 aliphatic heterocycles. The van der Waals surface area contributed by atoms with Crippen molar-refractivity contribution in [2.45, 2.75) is 6.92 Å². The minimum Gasteiger partial charge on any atom is -0.481 e. The van der Waals surface area contributed by atoms with Crippen molar-refractivity contribution in [2.24, 2.45) is 0 Å². The Hall–Kier alpha value is -0.750. The van der Waals surface area contributed by atoms with Crippen LogP contribution < -0.4 is 0 Å². The number of likely N-dealkylation sites (N-methyl/N-ethyl adjacent to an activating group) is 1. The molecule has 14 heavy (non-hydrogen) atoms. The molecule has 0 amide bonds. The lowest BCUT2D eigenvalue weighted by molar-refractivity contribution is -0.137. The molecule has 84 valence electrons. The van der Waals surface area contributed by atoms with E-state index in [1.807, 2.05) is 6.92 Å². The number of hydrogen-bond acceptors (Lipinski definition) is 4. The molecule has 0 aliphatic rings. The van der Waals surface area contributed by atoms with Crippen LogP contribution in [0.5, 0.6) is 0 Å². The van der Waals surface area contributed by atoms with Gasteiger partial charge in [-0.3, -0.25) is 14.5 Å². The maximum Gasteiger partial charge on any atom is 0.317 e. The van der Waals surface area contributed by atoms with Crippen LogP contribution in [0.4, 0.5) is 0 Å². The van der Waals surface area contributed by atoms with Gasteiger partial charge in [-0.15, -0.1) is 0 Å².